The van der Waals surface area contributed by atoms with Gasteiger partial charge in [-0.1, -0.05) is 59.9 Å². The number of ether oxygens (including phenoxy) is 1. The van der Waals surface area contributed by atoms with Crippen LogP contribution in [0.4, 0.5) is 5.69 Å². The fourth-order valence-electron chi connectivity index (χ4n) is 2.14. The van der Waals surface area contributed by atoms with Crippen LogP contribution in [0.2, 0.25) is 10.0 Å². The van der Waals surface area contributed by atoms with Crippen LogP contribution in [0.15, 0.2) is 40.9 Å². The minimum atomic E-state index is -0.304. The molecular weight excluding hydrogens is 413 g/mol. The monoisotopic (exact) mass is 429 g/mol. The zero-order valence-electron chi connectivity index (χ0n) is 13.6. The number of carbonyl (C=O) groups is 1. The van der Waals surface area contributed by atoms with Gasteiger partial charge in [-0.25, -0.2) is 0 Å². The molecule has 0 atom stereocenters. The van der Waals surface area contributed by atoms with Gasteiger partial charge in [0.1, 0.15) is 5.75 Å². The molecule has 0 spiro atoms. The van der Waals surface area contributed by atoms with Crippen molar-refractivity contribution in [2.24, 2.45) is 0 Å². The van der Waals surface area contributed by atoms with Crippen LogP contribution in [0.3, 0.4) is 0 Å². The maximum atomic E-state index is 12.1. The molecule has 2 aromatic carbocycles. The molecule has 0 bridgehead atoms. The average molecular weight is 431 g/mol. The first-order valence-corrected chi connectivity index (χ1v) is 8.89. The summed E-state index contributed by atoms with van der Waals surface area (Å²) in [5.74, 6) is 0.375. The fraction of sp³-hybridized carbons (Fsp3) is 0.278. The topological polar surface area (TPSA) is 38.3 Å². The maximum Gasteiger partial charge on any atom is 0.262 e. The largest absolute Gasteiger partial charge is 0.483 e. The zero-order valence-corrected chi connectivity index (χ0v) is 16.7. The van der Waals surface area contributed by atoms with E-state index in [4.69, 9.17) is 27.9 Å². The highest BCUT2D eigenvalue weighted by atomic mass is 79.9. The van der Waals surface area contributed by atoms with Crippen molar-refractivity contribution in [1.82, 2.24) is 0 Å². The first-order valence-electron chi connectivity index (χ1n) is 7.34. The van der Waals surface area contributed by atoms with Crippen LogP contribution in [0.1, 0.15) is 26.3 Å². The standard InChI is InChI=1S/C18H18BrCl2NO2/c1-18(2,3)13-8-11(19)4-7-16(13)24-10-17(23)22-15-9-12(20)5-6-14(15)21/h4-9H,10H2,1-3H3,(H,22,23). The van der Waals surface area contributed by atoms with E-state index in [1.165, 1.54) is 0 Å². The second kappa shape index (κ2) is 7.77. The van der Waals surface area contributed by atoms with Gasteiger partial charge in [-0.15, -0.1) is 0 Å². The Hall–Kier alpha value is -1.23. The zero-order chi connectivity index (χ0) is 17.9. The molecule has 0 saturated heterocycles. The van der Waals surface area contributed by atoms with Crippen LogP contribution in [-0.4, -0.2) is 12.5 Å². The molecule has 1 amide bonds. The molecule has 0 saturated carbocycles. The Morgan fingerprint density at radius 2 is 1.88 bits per heavy atom. The molecule has 0 fully saturated rings. The van der Waals surface area contributed by atoms with E-state index in [-0.39, 0.29) is 17.9 Å². The molecule has 24 heavy (non-hydrogen) atoms. The second-order valence-corrected chi connectivity index (χ2v) is 8.11. The Morgan fingerprint density at radius 3 is 2.54 bits per heavy atom. The van der Waals surface area contributed by atoms with Crippen molar-refractivity contribution in [3.05, 3.63) is 56.5 Å². The summed E-state index contributed by atoms with van der Waals surface area (Å²) in [6.45, 7) is 6.15. The van der Waals surface area contributed by atoms with Gasteiger partial charge < -0.3 is 10.1 Å². The highest BCUT2D eigenvalue weighted by molar-refractivity contribution is 9.10. The van der Waals surface area contributed by atoms with Gasteiger partial charge in [0, 0.05) is 15.1 Å². The van der Waals surface area contributed by atoms with E-state index in [0.717, 1.165) is 10.0 Å². The van der Waals surface area contributed by atoms with E-state index in [9.17, 15) is 4.79 Å². The minimum Gasteiger partial charge on any atom is -0.483 e. The van der Waals surface area contributed by atoms with Crippen LogP contribution in [0.5, 0.6) is 5.75 Å². The first-order chi connectivity index (χ1) is 11.2. The summed E-state index contributed by atoms with van der Waals surface area (Å²) >= 11 is 15.4. The molecule has 0 aliphatic rings. The van der Waals surface area contributed by atoms with Crippen molar-refractivity contribution in [2.45, 2.75) is 26.2 Å². The van der Waals surface area contributed by atoms with Gasteiger partial charge in [0.15, 0.2) is 6.61 Å². The van der Waals surface area contributed by atoms with E-state index in [1.54, 1.807) is 18.2 Å². The number of nitrogens with one attached hydrogen (secondary N) is 1. The molecule has 0 radical (unpaired) electrons. The summed E-state index contributed by atoms with van der Waals surface area (Å²) in [4.78, 5) is 12.1. The lowest BCUT2D eigenvalue weighted by atomic mass is 9.86. The van der Waals surface area contributed by atoms with Crippen molar-refractivity contribution in [3.63, 3.8) is 0 Å². The van der Waals surface area contributed by atoms with Crippen LogP contribution >= 0.6 is 39.1 Å². The Bertz CT molecular complexity index is 757. The lowest BCUT2D eigenvalue weighted by Gasteiger charge is -2.23. The van der Waals surface area contributed by atoms with Crippen molar-refractivity contribution in [3.8, 4) is 5.75 Å². The second-order valence-electron chi connectivity index (χ2n) is 6.35. The summed E-state index contributed by atoms with van der Waals surface area (Å²) < 4.78 is 6.68. The van der Waals surface area contributed by atoms with E-state index < -0.39 is 0 Å². The van der Waals surface area contributed by atoms with Crippen molar-refractivity contribution < 1.29 is 9.53 Å². The summed E-state index contributed by atoms with van der Waals surface area (Å²) in [5, 5.41) is 3.62. The van der Waals surface area contributed by atoms with Gasteiger partial charge in [0.05, 0.1) is 10.7 Å². The predicted octanol–water partition coefficient (Wildman–Crippen LogP) is 6.07. The molecule has 0 aromatic heterocycles. The molecule has 1 N–H and O–H groups in total. The highest BCUT2D eigenvalue weighted by Crippen LogP contribution is 2.33. The molecule has 2 aromatic rings. The number of carbonyl (C=O) groups excluding carboxylic acids is 1. The van der Waals surface area contributed by atoms with Crippen molar-refractivity contribution >= 4 is 50.7 Å². The maximum absolute atomic E-state index is 12.1. The summed E-state index contributed by atoms with van der Waals surface area (Å²) in [7, 11) is 0. The molecule has 0 aliphatic carbocycles. The summed E-state index contributed by atoms with van der Waals surface area (Å²) in [6.07, 6.45) is 0. The molecule has 0 aliphatic heterocycles. The van der Waals surface area contributed by atoms with Crippen LogP contribution in [-0.2, 0) is 10.2 Å². The van der Waals surface area contributed by atoms with Crippen LogP contribution in [0, 0.1) is 0 Å². The number of benzene rings is 2. The number of rotatable bonds is 4. The molecule has 3 nitrogen and oxygen atoms in total. The molecule has 0 unspecified atom stereocenters. The number of hydrogen-bond donors (Lipinski definition) is 1. The van der Waals surface area contributed by atoms with Gasteiger partial charge in [-0.05, 0) is 41.8 Å². The van der Waals surface area contributed by atoms with Crippen LogP contribution in [0.25, 0.3) is 0 Å². The predicted molar refractivity (Wildman–Crippen MR) is 103 cm³/mol. The van der Waals surface area contributed by atoms with Gasteiger partial charge in [-0.3, -0.25) is 4.79 Å². The van der Waals surface area contributed by atoms with Gasteiger partial charge >= 0.3 is 0 Å². The highest BCUT2D eigenvalue weighted by Gasteiger charge is 2.20. The van der Waals surface area contributed by atoms with Crippen LogP contribution < -0.4 is 10.1 Å². The van der Waals surface area contributed by atoms with Gasteiger partial charge in [0.25, 0.3) is 5.91 Å². The van der Waals surface area contributed by atoms with Gasteiger partial charge in [-0.2, -0.15) is 0 Å². The summed E-state index contributed by atoms with van der Waals surface area (Å²) in [5.41, 5.74) is 1.38. The van der Waals surface area contributed by atoms with E-state index in [0.29, 0.717) is 21.5 Å². The summed E-state index contributed by atoms with van der Waals surface area (Å²) in [6, 6.07) is 10.6. The van der Waals surface area contributed by atoms with Gasteiger partial charge in [0.2, 0.25) is 0 Å². The Morgan fingerprint density at radius 1 is 1.17 bits per heavy atom. The number of hydrogen-bond acceptors (Lipinski definition) is 2. The number of halogens is 3. The molecule has 0 heterocycles. The van der Waals surface area contributed by atoms with E-state index in [2.05, 4.69) is 42.0 Å². The Labute approximate surface area is 160 Å². The van der Waals surface area contributed by atoms with E-state index >= 15 is 0 Å². The van der Waals surface area contributed by atoms with Crippen molar-refractivity contribution in [1.29, 1.82) is 0 Å². The third-order valence-electron chi connectivity index (χ3n) is 3.31. The molecule has 6 heteroatoms. The smallest absolute Gasteiger partial charge is 0.262 e. The average Bonchev–Trinajstić information content (AvgIpc) is 2.49. The SMILES string of the molecule is CC(C)(C)c1cc(Br)ccc1OCC(=O)Nc1cc(Cl)ccc1Cl. The molecular formula is C18H18BrCl2NO2. The third kappa shape index (κ3) is 5.13. The Kier molecular flexibility index (Phi) is 6.18. The van der Waals surface area contributed by atoms with Crippen molar-refractivity contribution in [2.75, 3.05) is 11.9 Å². The lowest BCUT2D eigenvalue weighted by molar-refractivity contribution is -0.118. The molecule has 2 rings (SSSR count). The number of anilines is 1. The fourth-order valence-corrected chi connectivity index (χ4v) is 2.84. The third-order valence-corrected chi connectivity index (χ3v) is 4.37. The molecule has 128 valence electrons. The Balaban J connectivity index is 2.08. The number of amides is 1. The quantitative estimate of drug-likeness (QED) is 0.638. The minimum absolute atomic E-state index is 0.105. The van der Waals surface area contributed by atoms with E-state index in [1.807, 2.05) is 18.2 Å². The normalized spacial score (nSPS) is 11.2. The first kappa shape index (κ1) is 19.1. The lowest BCUT2D eigenvalue weighted by Crippen LogP contribution is -2.22.